The van der Waals surface area contributed by atoms with E-state index in [-0.39, 0.29) is 23.7 Å². The highest BCUT2D eigenvalue weighted by Gasteiger charge is 2.66. The second kappa shape index (κ2) is 12.5. The van der Waals surface area contributed by atoms with Crippen molar-refractivity contribution in [3.05, 3.63) is 77.6 Å². The second-order valence-electron chi connectivity index (χ2n) is 9.66. The summed E-state index contributed by atoms with van der Waals surface area (Å²) in [6, 6.07) is 10.0. The minimum Gasteiger partial charge on any atom is -0.493 e. The van der Waals surface area contributed by atoms with E-state index in [1.54, 1.807) is 30.3 Å². The minimum absolute atomic E-state index is 0.0300. The Labute approximate surface area is 241 Å². The smallest absolute Gasteiger partial charge is 0.417 e. The Hall–Kier alpha value is -4.40. The lowest BCUT2D eigenvalue weighted by molar-refractivity contribution is -0.272. The van der Waals surface area contributed by atoms with Gasteiger partial charge in [0.25, 0.3) is 5.91 Å². The molecule has 0 aliphatic carbocycles. The first-order valence-electron chi connectivity index (χ1n) is 12.7. The Morgan fingerprint density at radius 3 is 2.33 bits per heavy atom. The molecule has 0 radical (unpaired) electrons. The molecule has 3 aromatic rings. The zero-order valence-corrected chi connectivity index (χ0v) is 22.8. The van der Waals surface area contributed by atoms with Crippen LogP contribution in [-0.4, -0.2) is 53.4 Å². The summed E-state index contributed by atoms with van der Waals surface area (Å²) < 4.78 is 103. The lowest BCUT2D eigenvalue weighted by atomic mass is 9.77. The normalized spacial score (nSPS) is 21.9. The largest absolute Gasteiger partial charge is 0.493 e. The molecule has 43 heavy (non-hydrogen) atoms. The highest BCUT2D eigenvalue weighted by Crippen LogP contribution is 2.55. The van der Waals surface area contributed by atoms with E-state index in [1.165, 1.54) is 6.92 Å². The number of hydrogen-bond acceptors (Lipinski definition) is 8. The number of aromatic nitrogens is 2. The van der Waals surface area contributed by atoms with Gasteiger partial charge in [-0.1, -0.05) is 31.2 Å². The number of carbonyl (C=O) groups excluding carboxylic acids is 2. The molecule has 1 fully saturated rings. The fourth-order valence-electron chi connectivity index (χ4n) is 4.73. The molecule has 1 amide bonds. The van der Waals surface area contributed by atoms with E-state index in [9.17, 15) is 31.5 Å². The van der Waals surface area contributed by atoms with Crippen molar-refractivity contribution in [2.24, 2.45) is 5.92 Å². The third-order valence-electron chi connectivity index (χ3n) is 7.11. The molecule has 1 aromatic heterocycles. The molecule has 2 heterocycles. The van der Waals surface area contributed by atoms with Crippen molar-refractivity contribution >= 4 is 17.6 Å². The number of rotatable bonds is 9. The number of benzene rings is 2. The maximum Gasteiger partial charge on any atom is 0.417 e. The van der Waals surface area contributed by atoms with Crippen LogP contribution in [-0.2, 0) is 20.9 Å². The third kappa shape index (κ3) is 6.50. The highest BCUT2D eigenvalue weighted by atomic mass is 19.4. The molecule has 1 aliphatic heterocycles. The molecule has 1 saturated heterocycles. The van der Waals surface area contributed by atoms with Gasteiger partial charge in [0.1, 0.15) is 6.10 Å². The van der Waals surface area contributed by atoms with E-state index < -0.39 is 65.5 Å². The molecule has 9 nitrogen and oxygen atoms in total. The van der Waals surface area contributed by atoms with Gasteiger partial charge in [0.05, 0.1) is 30.8 Å². The number of esters is 1. The first kappa shape index (κ1) is 31.5. The number of hydrogen-bond donors (Lipinski definition) is 1. The van der Waals surface area contributed by atoms with Crippen molar-refractivity contribution in [1.82, 2.24) is 9.97 Å². The Morgan fingerprint density at radius 1 is 1.09 bits per heavy atom. The van der Waals surface area contributed by atoms with Gasteiger partial charge in [-0.3, -0.25) is 4.79 Å². The van der Waals surface area contributed by atoms with E-state index in [0.717, 1.165) is 38.6 Å². The summed E-state index contributed by atoms with van der Waals surface area (Å²) in [5.74, 6) is -7.48. The van der Waals surface area contributed by atoms with Gasteiger partial charge in [-0.2, -0.15) is 26.3 Å². The number of nitrogens with one attached hydrogen (secondary N) is 1. The Kier molecular flexibility index (Phi) is 9.13. The molecular weight excluding hydrogens is 588 g/mol. The van der Waals surface area contributed by atoms with E-state index in [1.807, 2.05) is 0 Å². The standard InChI is InChI=1S/C28H25F6N3O6/c1-14-20(17-9-10-18(42-26(30)31)21(29)22(17)40-3)23(43-27(14,2)28(32,33)34)24(38)37-16-11-35-19(36-12-16)13-41-25(39)15-7-5-4-6-8-15/h4-12,14,20,23,26H,13H2,1-3H3,(H,37,38)/t14-,20-,23+,27+/m0/s1. The molecule has 0 unspecified atom stereocenters. The predicted molar refractivity (Wildman–Crippen MR) is 137 cm³/mol. The highest BCUT2D eigenvalue weighted by molar-refractivity contribution is 5.95. The Bertz CT molecular complexity index is 1460. The number of amides is 1. The van der Waals surface area contributed by atoms with Crippen LogP contribution in [0.5, 0.6) is 11.5 Å². The van der Waals surface area contributed by atoms with E-state index in [0.29, 0.717) is 5.56 Å². The van der Waals surface area contributed by atoms with Crippen LogP contribution < -0.4 is 14.8 Å². The van der Waals surface area contributed by atoms with Crippen molar-refractivity contribution in [1.29, 1.82) is 0 Å². The number of halogens is 6. The van der Waals surface area contributed by atoms with Crippen LogP contribution in [0.15, 0.2) is 54.9 Å². The molecule has 4 rings (SSSR count). The SMILES string of the molecule is COc1c([C@H]2[C@H](C(=O)Nc3cnc(COC(=O)c4ccccc4)nc3)O[C@@](C)(C(F)(F)F)[C@H]2C)ccc(OC(F)F)c1F. The monoisotopic (exact) mass is 613 g/mol. The number of alkyl halides is 5. The van der Waals surface area contributed by atoms with E-state index in [4.69, 9.17) is 14.2 Å². The number of methoxy groups -OCH3 is 1. The minimum atomic E-state index is -4.95. The topological polar surface area (TPSA) is 109 Å². The van der Waals surface area contributed by atoms with Crippen molar-refractivity contribution in [2.75, 3.05) is 12.4 Å². The Balaban J connectivity index is 1.57. The van der Waals surface area contributed by atoms with Crippen molar-refractivity contribution in [3.8, 4) is 11.5 Å². The molecule has 1 aliphatic rings. The van der Waals surface area contributed by atoms with Gasteiger partial charge in [-0.15, -0.1) is 0 Å². The summed E-state index contributed by atoms with van der Waals surface area (Å²) in [5, 5.41) is 2.38. The number of anilines is 1. The van der Waals surface area contributed by atoms with Gasteiger partial charge in [-0.05, 0) is 25.1 Å². The summed E-state index contributed by atoms with van der Waals surface area (Å²) in [6.45, 7) is -1.76. The summed E-state index contributed by atoms with van der Waals surface area (Å²) in [5.41, 5.74) is -2.81. The van der Waals surface area contributed by atoms with Crippen LogP contribution in [0.25, 0.3) is 0 Å². The molecule has 15 heteroatoms. The van der Waals surface area contributed by atoms with Crippen LogP contribution in [0.2, 0.25) is 0 Å². The maximum atomic E-state index is 15.0. The van der Waals surface area contributed by atoms with E-state index in [2.05, 4.69) is 20.0 Å². The Morgan fingerprint density at radius 2 is 1.74 bits per heavy atom. The predicted octanol–water partition coefficient (Wildman–Crippen LogP) is 5.66. The van der Waals surface area contributed by atoms with Gasteiger partial charge >= 0.3 is 18.8 Å². The van der Waals surface area contributed by atoms with Gasteiger partial charge in [0, 0.05) is 17.4 Å². The van der Waals surface area contributed by atoms with Crippen molar-refractivity contribution < 1.29 is 54.9 Å². The van der Waals surface area contributed by atoms with Gasteiger partial charge in [0.2, 0.25) is 5.82 Å². The quantitative estimate of drug-likeness (QED) is 0.243. The van der Waals surface area contributed by atoms with Gasteiger partial charge in [0.15, 0.2) is 29.5 Å². The number of carbonyl (C=O) groups is 2. The molecule has 230 valence electrons. The first-order valence-corrected chi connectivity index (χ1v) is 12.7. The number of ether oxygens (including phenoxy) is 4. The van der Waals surface area contributed by atoms with Crippen LogP contribution in [0.3, 0.4) is 0 Å². The molecule has 0 saturated carbocycles. The summed E-state index contributed by atoms with van der Waals surface area (Å²) in [6.07, 6.45) is -4.51. The van der Waals surface area contributed by atoms with Crippen molar-refractivity contribution in [3.63, 3.8) is 0 Å². The van der Waals surface area contributed by atoms with Crippen LogP contribution >= 0.6 is 0 Å². The number of nitrogens with zero attached hydrogens (tertiary/aromatic N) is 2. The average molecular weight is 614 g/mol. The summed E-state index contributed by atoms with van der Waals surface area (Å²) in [7, 11) is 0.989. The molecular formula is C28H25F6N3O6. The molecule has 2 aromatic carbocycles. The zero-order valence-electron chi connectivity index (χ0n) is 22.8. The lowest BCUT2D eigenvalue weighted by Crippen LogP contribution is -2.47. The van der Waals surface area contributed by atoms with Gasteiger partial charge < -0.3 is 24.3 Å². The van der Waals surface area contributed by atoms with Crippen molar-refractivity contribution in [2.45, 2.75) is 50.9 Å². The second-order valence-corrected chi connectivity index (χ2v) is 9.66. The average Bonchev–Trinajstić information content (AvgIpc) is 3.25. The molecule has 1 N–H and O–H groups in total. The third-order valence-corrected chi connectivity index (χ3v) is 7.11. The van der Waals surface area contributed by atoms with Gasteiger partial charge in [-0.25, -0.2) is 14.8 Å². The van der Waals surface area contributed by atoms with Crippen LogP contribution in [0.1, 0.15) is 41.5 Å². The fraction of sp³-hybridized carbons (Fsp3) is 0.357. The molecule has 0 bridgehead atoms. The summed E-state index contributed by atoms with van der Waals surface area (Å²) in [4.78, 5) is 33.4. The maximum absolute atomic E-state index is 15.0. The summed E-state index contributed by atoms with van der Waals surface area (Å²) >= 11 is 0. The zero-order chi connectivity index (χ0) is 31.5. The first-order chi connectivity index (χ1) is 20.3. The van der Waals surface area contributed by atoms with Crippen LogP contribution in [0, 0.1) is 11.7 Å². The fourth-order valence-corrected chi connectivity index (χ4v) is 4.73. The molecule has 4 atom stereocenters. The molecule has 0 spiro atoms. The lowest BCUT2D eigenvalue weighted by Gasteiger charge is -2.32. The van der Waals surface area contributed by atoms with Crippen LogP contribution in [0.4, 0.5) is 32.0 Å². The van der Waals surface area contributed by atoms with E-state index >= 15 is 4.39 Å².